The summed E-state index contributed by atoms with van der Waals surface area (Å²) in [5, 5.41) is 0.734. The summed E-state index contributed by atoms with van der Waals surface area (Å²) in [4.78, 5) is 34.6. The molecule has 0 unspecified atom stereocenters. The van der Waals surface area contributed by atoms with Gasteiger partial charge in [-0.25, -0.2) is 9.78 Å². The van der Waals surface area contributed by atoms with E-state index in [9.17, 15) is 9.59 Å². The molecule has 0 aliphatic rings. The molecular weight excluding hydrogens is 380 g/mol. The number of esters is 1. The monoisotopic (exact) mass is 394 g/mol. The maximum absolute atomic E-state index is 12.5. The number of aromatic amines is 1. The van der Waals surface area contributed by atoms with E-state index in [-0.39, 0.29) is 18.0 Å². The Balaban J connectivity index is 2.08. The lowest BCUT2D eigenvalue weighted by Crippen LogP contribution is -2.10. The zero-order valence-corrected chi connectivity index (χ0v) is 16.2. The van der Waals surface area contributed by atoms with Crippen molar-refractivity contribution in [2.45, 2.75) is 20.8 Å². The van der Waals surface area contributed by atoms with Crippen molar-refractivity contribution in [2.75, 3.05) is 6.61 Å². The summed E-state index contributed by atoms with van der Waals surface area (Å²) in [5.41, 5.74) is 0.256. The normalized spacial score (nSPS) is 11.9. The predicted octanol–water partition coefficient (Wildman–Crippen LogP) is 4.58. The molecule has 3 heterocycles. The van der Waals surface area contributed by atoms with Gasteiger partial charge in [0.05, 0.1) is 17.0 Å². The fourth-order valence-electron chi connectivity index (χ4n) is 2.37. The molecule has 0 atom stereocenters. The van der Waals surface area contributed by atoms with Gasteiger partial charge in [-0.1, -0.05) is 11.6 Å². The van der Waals surface area contributed by atoms with Gasteiger partial charge < -0.3 is 9.72 Å². The van der Waals surface area contributed by atoms with Crippen LogP contribution in [0.5, 0.6) is 0 Å². The molecule has 0 amide bonds. The van der Waals surface area contributed by atoms with Gasteiger partial charge >= 0.3 is 5.97 Å². The van der Waals surface area contributed by atoms with Gasteiger partial charge in [0.15, 0.2) is 5.82 Å². The van der Waals surface area contributed by atoms with Gasteiger partial charge in [-0.3, -0.25) is 4.79 Å². The molecule has 0 bridgehead atoms. The Morgan fingerprint density at radius 3 is 2.76 bits per heavy atom. The first-order chi connectivity index (χ1) is 11.9. The Kier molecular flexibility index (Phi) is 5.08. The summed E-state index contributed by atoms with van der Waals surface area (Å²) in [6.07, 6.45) is 1.76. The molecule has 0 radical (unpaired) electrons. The van der Waals surface area contributed by atoms with E-state index >= 15 is 0 Å². The number of aryl methyl sites for hydroxylation is 2. The van der Waals surface area contributed by atoms with E-state index < -0.39 is 5.97 Å². The highest BCUT2D eigenvalue weighted by molar-refractivity contribution is 7.20. The molecule has 0 aromatic carbocycles. The first kappa shape index (κ1) is 17.8. The number of carbonyl (C=O) groups is 1. The van der Waals surface area contributed by atoms with Gasteiger partial charge in [0, 0.05) is 9.75 Å². The van der Waals surface area contributed by atoms with Crippen LogP contribution in [0.4, 0.5) is 0 Å². The number of rotatable bonds is 4. The number of nitrogens with one attached hydrogen (secondary N) is 1. The van der Waals surface area contributed by atoms with Gasteiger partial charge in [0.2, 0.25) is 0 Å². The Morgan fingerprint density at radius 1 is 1.36 bits per heavy atom. The van der Waals surface area contributed by atoms with Crippen molar-refractivity contribution >= 4 is 61.6 Å². The topological polar surface area (TPSA) is 72.0 Å². The van der Waals surface area contributed by atoms with Crippen molar-refractivity contribution in [3.63, 3.8) is 0 Å². The molecule has 0 saturated carbocycles. The molecule has 3 rings (SSSR count). The molecule has 0 spiro atoms. The first-order valence-electron chi connectivity index (χ1n) is 7.55. The molecular formula is C17H15ClN2O3S2. The zero-order valence-electron chi connectivity index (χ0n) is 13.8. The van der Waals surface area contributed by atoms with Crippen LogP contribution in [0.1, 0.15) is 37.7 Å². The van der Waals surface area contributed by atoms with Crippen molar-refractivity contribution < 1.29 is 9.53 Å². The third kappa shape index (κ3) is 3.53. The summed E-state index contributed by atoms with van der Waals surface area (Å²) in [5.74, 6) is -0.165. The highest BCUT2D eigenvalue weighted by Gasteiger charge is 2.20. The van der Waals surface area contributed by atoms with Crippen molar-refractivity contribution in [3.05, 3.63) is 48.5 Å². The fourth-order valence-corrected chi connectivity index (χ4v) is 4.54. The molecule has 1 N–H and O–H groups in total. The molecule has 3 aromatic rings. The second-order valence-corrected chi connectivity index (χ2v) is 8.04. The highest BCUT2D eigenvalue weighted by Crippen LogP contribution is 2.30. The fraction of sp³-hybridized carbons (Fsp3) is 0.235. The molecule has 0 saturated heterocycles. The highest BCUT2D eigenvalue weighted by atomic mass is 35.5. The van der Waals surface area contributed by atoms with Crippen LogP contribution >= 0.6 is 34.3 Å². The van der Waals surface area contributed by atoms with Crippen LogP contribution in [0.2, 0.25) is 0 Å². The first-order valence-corrected chi connectivity index (χ1v) is 9.56. The lowest BCUT2D eigenvalue weighted by Gasteiger charge is -1.99. The quantitative estimate of drug-likeness (QED) is 0.657. The van der Waals surface area contributed by atoms with Gasteiger partial charge in [-0.05, 0) is 44.5 Å². The van der Waals surface area contributed by atoms with Crippen LogP contribution in [0, 0.1) is 13.8 Å². The average Bonchev–Trinajstić information content (AvgIpc) is 3.11. The molecule has 3 aromatic heterocycles. The minimum absolute atomic E-state index is 0.274. The van der Waals surface area contributed by atoms with Crippen LogP contribution in [-0.4, -0.2) is 22.5 Å². The van der Waals surface area contributed by atoms with E-state index in [0.29, 0.717) is 25.7 Å². The van der Waals surface area contributed by atoms with E-state index in [1.165, 1.54) is 4.88 Å². The maximum Gasteiger partial charge on any atom is 0.348 e. The standard InChI is InChI=1S/C17H15ClN2O3S2/c1-4-23-17(22)13-9(3)12-15(21)19-14(20-16(12)25-13)11(18)7-10-6-5-8(2)24-10/h5-7H,4H2,1-3H3,(H,19,20,21)/b11-7-. The minimum atomic E-state index is -0.445. The summed E-state index contributed by atoms with van der Waals surface area (Å²) in [6.45, 7) is 5.73. The van der Waals surface area contributed by atoms with Crippen molar-refractivity contribution in [3.8, 4) is 0 Å². The van der Waals surface area contributed by atoms with E-state index in [2.05, 4.69) is 9.97 Å². The predicted molar refractivity (Wildman–Crippen MR) is 104 cm³/mol. The lowest BCUT2D eigenvalue weighted by molar-refractivity contribution is 0.0531. The third-order valence-corrected chi connectivity index (χ3v) is 5.92. The second kappa shape index (κ2) is 7.11. The summed E-state index contributed by atoms with van der Waals surface area (Å²) < 4.78 is 5.03. The third-order valence-electron chi connectivity index (χ3n) is 3.52. The van der Waals surface area contributed by atoms with Crippen LogP contribution < -0.4 is 5.56 Å². The summed E-state index contributed by atoms with van der Waals surface area (Å²) >= 11 is 9.06. The van der Waals surface area contributed by atoms with E-state index in [4.69, 9.17) is 16.3 Å². The number of thiophene rings is 2. The van der Waals surface area contributed by atoms with Gasteiger partial charge in [-0.2, -0.15) is 0 Å². The Hall–Kier alpha value is -1.96. The van der Waals surface area contributed by atoms with Crippen molar-refractivity contribution in [1.29, 1.82) is 0 Å². The van der Waals surface area contributed by atoms with E-state index in [1.54, 1.807) is 31.3 Å². The number of H-pyrrole nitrogens is 1. The largest absolute Gasteiger partial charge is 0.462 e. The van der Waals surface area contributed by atoms with Gasteiger partial charge in [0.1, 0.15) is 9.71 Å². The van der Waals surface area contributed by atoms with Gasteiger partial charge in [0.25, 0.3) is 5.56 Å². The maximum atomic E-state index is 12.5. The molecule has 8 heteroatoms. The van der Waals surface area contributed by atoms with Crippen LogP contribution in [0.3, 0.4) is 0 Å². The molecule has 0 aliphatic carbocycles. The smallest absolute Gasteiger partial charge is 0.348 e. The van der Waals surface area contributed by atoms with E-state index in [0.717, 1.165) is 16.2 Å². The van der Waals surface area contributed by atoms with Gasteiger partial charge in [-0.15, -0.1) is 22.7 Å². The number of carbonyl (C=O) groups excluding carboxylic acids is 1. The molecule has 25 heavy (non-hydrogen) atoms. The molecule has 130 valence electrons. The SMILES string of the molecule is CCOC(=O)c1sc2nc(/C(Cl)=C/c3ccc(C)s3)[nH]c(=O)c2c1C. The number of nitrogens with zero attached hydrogens (tertiary/aromatic N) is 1. The van der Waals surface area contributed by atoms with Crippen LogP contribution in [0.25, 0.3) is 21.3 Å². The number of aromatic nitrogens is 2. The molecule has 0 fully saturated rings. The Bertz CT molecular complexity index is 1050. The Labute approximate surface area is 156 Å². The second-order valence-electron chi connectivity index (χ2n) is 5.31. The molecule has 0 aliphatic heterocycles. The lowest BCUT2D eigenvalue weighted by atomic mass is 10.2. The van der Waals surface area contributed by atoms with E-state index in [1.807, 2.05) is 19.1 Å². The number of halogens is 1. The number of ether oxygens (including phenoxy) is 1. The average molecular weight is 395 g/mol. The van der Waals surface area contributed by atoms with Crippen LogP contribution in [-0.2, 0) is 4.74 Å². The number of hydrogen-bond donors (Lipinski definition) is 1. The number of hydrogen-bond acceptors (Lipinski definition) is 6. The minimum Gasteiger partial charge on any atom is -0.462 e. The zero-order chi connectivity index (χ0) is 18.1. The van der Waals surface area contributed by atoms with Crippen LogP contribution in [0.15, 0.2) is 16.9 Å². The Morgan fingerprint density at radius 2 is 2.12 bits per heavy atom. The summed E-state index contributed by atoms with van der Waals surface area (Å²) in [6, 6.07) is 3.95. The summed E-state index contributed by atoms with van der Waals surface area (Å²) in [7, 11) is 0. The number of fused-ring (bicyclic) bond motifs is 1. The molecule has 5 nitrogen and oxygen atoms in total. The van der Waals surface area contributed by atoms with Crippen molar-refractivity contribution in [2.24, 2.45) is 0 Å². The van der Waals surface area contributed by atoms with Crippen molar-refractivity contribution in [1.82, 2.24) is 9.97 Å².